The van der Waals surface area contributed by atoms with Crippen LogP contribution in [0.2, 0.25) is 0 Å². The summed E-state index contributed by atoms with van der Waals surface area (Å²) >= 11 is 0. The predicted molar refractivity (Wildman–Crippen MR) is 87.3 cm³/mol. The minimum absolute atomic E-state index is 0.148. The van der Waals surface area contributed by atoms with Crippen LogP contribution in [0.25, 0.3) is 11.0 Å². The Kier molecular flexibility index (Phi) is 4.79. The number of imidazole rings is 1. The summed E-state index contributed by atoms with van der Waals surface area (Å²) in [7, 11) is 0. The number of amides is 1. The number of alkyl halides is 3. The van der Waals surface area contributed by atoms with Crippen molar-refractivity contribution in [2.45, 2.75) is 25.7 Å². The van der Waals surface area contributed by atoms with Crippen LogP contribution >= 0.6 is 0 Å². The first-order valence-corrected chi connectivity index (χ1v) is 7.74. The van der Waals surface area contributed by atoms with E-state index in [9.17, 15) is 18.0 Å². The molecule has 0 unspecified atom stereocenters. The number of ether oxygens (including phenoxy) is 1. The lowest BCUT2D eigenvalue weighted by atomic mass is 10.2. The maximum Gasteiger partial charge on any atom is 0.573 e. The molecule has 3 aromatic rings. The number of carbonyl (C=O) groups is 1. The number of hydrogen-bond donors (Lipinski definition) is 1. The van der Waals surface area contributed by atoms with Crippen LogP contribution in [0.4, 0.5) is 13.2 Å². The van der Waals surface area contributed by atoms with Crippen molar-refractivity contribution in [2.75, 3.05) is 0 Å². The molecule has 136 valence electrons. The van der Waals surface area contributed by atoms with Gasteiger partial charge >= 0.3 is 6.36 Å². The van der Waals surface area contributed by atoms with Gasteiger partial charge in [-0.3, -0.25) is 9.78 Å². The third-order valence-corrected chi connectivity index (χ3v) is 3.72. The fourth-order valence-electron chi connectivity index (χ4n) is 2.60. The molecule has 1 aromatic carbocycles. The summed E-state index contributed by atoms with van der Waals surface area (Å²) in [5.74, 6) is -0.0647. The average Bonchev–Trinajstić information content (AvgIpc) is 2.91. The van der Waals surface area contributed by atoms with E-state index < -0.39 is 12.3 Å². The van der Waals surface area contributed by atoms with Gasteiger partial charge in [0.15, 0.2) is 0 Å². The minimum atomic E-state index is -4.73. The van der Waals surface area contributed by atoms with E-state index in [4.69, 9.17) is 5.73 Å². The van der Waals surface area contributed by atoms with Crippen LogP contribution in [0.5, 0.6) is 5.75 Å². The molecule has 0 radical (unpaired) electrons. The maximum absolute atomic E-state index is 12.2. The Bertz CT molecular complexity index is 920. The van der Waals surface area contributed by atoms with Crippen molar-refractivity contribution < 1.29 is 22.7 Å². The standard InChI is InChI=1S/C17H15F3N4O2/c18-17(19,20)26-12-3-1-11(2-4-12)10-24-14-9-22-8-7-13(14)23-16(24)6-5-15(21)25/h1-4,7-9H,5-6,10H2,(H2,21,25). The molecule has 2 heterocycles. The fraction of sp³-hybridized carbons (Fsp3) is 0.235. The second-order valence-electron chi connectivity index (χ2n) is 5.64. The predicted octanol–water partition coefficient (Wildman–Crippen LogP) is 2.80. The van der Waals surface area contributed by atoms with E-state index in [1.807, 2.05) is 4.57 Å². The monoisotopic (exact) mass is 364 g/mol. The number of pyridine rings is 1. The second-order valence-corrected chi connectivity index (χ2v) is 5.64. The number of aromatic nitrogens is 3. The molecule has 0 aliphatic carbocycles. The van der Waals surface area contributed by atoms with Crippen LogP contribution in [0.3, 0.4) is 0 Å². The Morgan fingerprint density at radius 1 is 1.19 bits per heavy atom. The molecule has 0 saturated heterocycles. The lowest BCUT2D eigenvalue weighted by Crippen LogP contribution is -2.17. The number of carbonyl (C=O) groups excluding carboxylic acids is 1. The summed E-state index contributed by atoms with van der Waals surface area (Å²) in [6, 6.07) is 7.34. The molecule has 26 heavy (non-hydrogen) atoms. The van der Waals surface area contributed by atoms with Crippen molar-refractivity contribution in [3.8, 4) is 5.75 Å². The van der Waals surface area contributed by atoms with Crippen molar-refractivity contribution in [1.82, 2.24) is 14.5 Å². The van der Waals surface area contributed by atoms with Gasteiger partial charge in [0, 0.05) is 25.6 Å². The molecule has 2 aromatic heterocycles. The van der Waals surface area contributed by atoms with Gasteiger partial charge in [-0.15, -0.1) is 13.2 Å². The smallest absolute Gasteiger partial charge is 0.406 e. The third kappa shape index (κ3) is 4.29. The van der Waals surface area contributed by atoms with Crippen molar-refractivity contribution >= 4 is 16.9 Å². The van der Waals surface area contributed by atoms with Crippen LogP contribution in [-0.4, -0.2) is 26.8 Å². The first kappa shape index (κ1) is 17.7. The molecule has 2 N–H and O–H groups in total. The summed E-state index contributed by atoms with van der Waals surface area (Å²) in [6.45, 7) is 0.364. The third-order valence-electron chi connectivity index (χ3n) is 3.72. The highest BCUT2D eigenvalue weighted by molar-refractivity contribution is 5.76. The van der Waals surface area contributed by atoms with E-state index in [1.165, 1.54) is 12.1 Å². The molecular formula is C17H15F3N4O2. The van der Waals surface area contributed by atoms with Gasteiger partial charge in [0.1, 0.15) is 11.6 Å². The largest absolute Gasteiger partial charge is 0.573 e. The molecular weight excluding hydrogens is 349 g/mol. The summed E-state index contributed by atoms with van der Waals surface area (Å²) < 4.78 is 42.5. The van der Waals surface area contributed by atoms with Crippen molar-refractivity contribution in [3.63, 3.8) is 0 Å². The SMILES string of the molecule is NC(=O)CCc1nc2ccncc2n1Cc1ccc(OC(F)(F)F)cc1. The molecule has 9 heteroatoms. The van der Waals surface area contributed by atoms with Gasteiger partial charge in [-0.05, 0) is 23.8 Å². The summed E-state index contributed by atoms with van der Waals surface area (Å²) in [4.78, 5) is 19.6. The number of hydrogen-bond acceptors (Lipinski definition) is 4. The number of nitrogens with zero attached hydrogens (tertiary/aromatic N) is 3. The molecule has 6 nitrogen and oxygen atoms in total. The van der Waals surface area contributed by atoms with E-state index >= 15 is 0 Å². The Morgan fingerprint density at radius 2 is 1.92 bits per heavy atom. The van der Waals surface area contributed by atoms with E-state index in [0.717, 1.165) is 16.6 Å². The fourth-order valence-corrected chi connectivity index (χ4v) is 2.60. The number of aryl methyl sites for hydroxylation is 1. The Morgan fingerprint density at radius 3 is 2.58 bits per heavy atom. The number of benzene rings is 1. The number of rotatable bonds is 6. The molecule has 0 bridgehead atoms. The van der Waals surface area contributed by atoms with E-state index in [1.54, 1.807) is 30.6 Å². The van der Waals surface area contributed by atoms with Gasteiger partial charge in [0.05, 0.1) is 17.2 Å². The zero-order valence-corrected chi connectivity index (χ0v) is 13.5. The average molecular weight is 364 g/mol. The molecule has 0 saturated carbocycles. The Labute approximate surface area is 146 Å². The minimum Gasteiger partial charge on any atom is -0.406 e. The van der Waals surface area contributed by atoms with Crippen LogP contribution in [-0.2, 0) is 17.8 Å². The van der Waals surface area contributed by atoms with Gasteiger partial charge < -0.3 is 15.0 Å². The van der Waals surface area contributed by atoms with E-state index in [0.29, 0.717) is 18.8 Å². The topological polar surface area (TPSA) is 83.0 Å². The van der Waals surface area contributed by atoms with Crippen LogP contribution < -0.4 is 10.5 Å². The summed E-state index contributed by atoms with van der Waals surface area (Å²) in [5.41, 5.74) is 7.45. The molecule has 3 rings (SSSR count). The number of fused-ring (bicyclic) bond motifs is 1. The lowest BCUT2D eigenvalue weighted by Gasteiger charge is -2.11. The quantitative estimate of drug-likeness (QED) is 0.729. The zero-order chi connectivity index (χ0) is 18.7. The van der Waals surface area contributed by atoms with Crippen LogP contribution in [0.1, 0.15) is 17.8 Å². The normalized spacial score (nSPS) is 11.7. The lowest BCUT2D eigenvalue weighted by molar-refractivity contribution is -0.274. The van der Waals surface area contributed by atoms with Gasteiger partial charge in [-0.2, -0.15) is 0 Å². The highest BCUT2D eigenvalue weighted by atomic mass is 19.4. The summed E-state index contributed by atoms with van der Waals surface area (Å²) in [5, 5.41) is 0. The van der Waals surface area contributed by atoms with Crippen LogP contribution in [0.15, 0.2) is 42.7 Å². The maximum atomic E-state index is 12.2. The Hall–Kier alpha value is -3.10. The highest BCUT2D eigenvalue weighted by Gasteiger charge is 2.30. The van der Waals surface area contributed by atoms with E-state index in [-0.39, 0.29) is 12.2 Å². The number of nitrogens with two attached hydrogens (primary N) is 1. The van der Waals surface area contributed by atoms with Gasteiger partial charge in [-0.25, -0.2) is 4.98 Å². The number of halogens is 3. The second kappa shape index (κ2) is 7.03. The first-order valence-electron chi connectivity index (χ1n) is 7.74. The van der Waals surface area contributed by atoms with Crippen molar-refractivity contribution in [1.29, 1.82) is 0 Å². The highest BCUT2D eigenvalue weighted by Crippen LogP contribution is 2.24. The molecule has 0 fully saturated rings. The first-order chi connectivity index (χ1) is 12.3. The molecule has 0 aliphatic heterocycles. The zero-order valence-electron chi connectivity index (χ0n) is 13.5. The number of primary amides is 1. The van der Waals surface area contributed by atoms with Crippen molar-refractivity contribution in [3.05, 3.63) is 54.1 Å². The molecule has 1 amide bonds. The summed E-state index contributed by atoms with van der Waals surface area (Å²) in [6.07, 6.45) is -0.956. The van der Waals surface area contributed by atoms with Gasteiger partial charge in [-0.1, -0.05) is 12.1 Å². The van der Waals surface area contributed by atoms with Crippen LogP contribution in [0, 0.1) is 0 Å². The van der Waals surface area contributed by atoms with E-state index in [2.05, 4.69) is 14.7 Å². The van der Waals surface area contributed by atoms with Gasteiger partial charge in [0.25, 0.3) is 0 Å². The van der Waals surface area contributed by atoms with Crippen molar-refractivity contribution in [2.24, 2.45) is 5.73 Å². The van der Waals surface area contributed by atoms with Gasteiger partial charge in [0.2, 0.25) is 5.91 Å². The Balaban J connectivity index is 1.87. The molecule has 0 aliphatic rings. The molecule has 0 spiro atoms. The molecule has 0 atom stereocenters.